The van der Waals surface area contributed by atoms with Crippen LogP contribution in [0.1, 0.15) is 31.4 Å². The SMILES string of the molecule is CNN(C)Cc1cc2ccccc2n1CCC(=O)ON1CCCCC1. The Bertz CT molecular complexity index is 707. The Morgan fingerprint density at radius 2 is 2.00 bits per heavy atom. The van der Waals surface area contributed by atoms with Gasteiger partial charge in [-0.2, -0.15) is 0 Å². The smallest absolute Gasteiger partial charge is 0.326 e. The highest BCUT2D eigenvalue weighted by molar-refractivity contribution is 5.81. The number of hydrazine groups is 1. The maximum atomic E-state index is 12.2. The van der Waals surface area contributed by atoms with E-state index in [1.807, 2.05) is 36.3 Å². The maximum absolute atomic E-state index is 12.2. The molecule has 136 valence electrons. The van der Waals surface area contributed by atoms with Crippen molar-refractivity contribution in [2.75, 3.05) is 27.2 Å². The molecule has 0 atom stereocenters. The zero-order chi connectivity index (χ0) is 17.6. The number of hydrogen-bond donors (Lipinski definition) is 1. The summed E-state index contributed by atoms with van der Waals surface area (Å²) in [5.41, 5.74) is 5.47. The first-order valence-electron chi connectivity index (χ1n) is 9.09. The van der Waals surface area contributed by atoms with E-state index in [0.717, 1.165) is 38.0 Å². The van der Waals surface area contributed by atoms with Crippen molar-refractivity contribution in [2.45, 2.75) is 38.8 Å². The van der Waals surface area contributed by atoms with Crippen LogP contribution in [0.15, 0.2) is 30.3 Å². The normalized spacial score (nSPS) is 15.8. The molecule has 6 nitrogen and oxygen atoms in total. The molecule has 1 saturated heterocycles. The highest BCUT2D eigenvalue weighted by Crippen LogP contribution is 2.21. The standard InChI is InChI=1S/C19H28N4O2/c1-20-21(2)15-17-14-16-8-4-5-9-18(16)23(17)13-10-19(24)25-22-11-6-3-7-12-22/h4-5,8-9,14,20H,3,6-7,10-13,15H2,1-2H3. The summed E-state index contributed by atoms with van der Waals surface area (Å²) in [7, 11) is 3.91. The second-order valence-electron chi connectivity index (χ2n) is 6.63. The van der Waals surface area contributed by atoms with Gasteiger partial charge in [-0.1, -0.05) is 24.6 Å². The van der Waals surface area contributed by atoms with Crippen molar-refractivity contribution in [3.8, 4) is 0 Å². The number of nitrogens with one attached hydrogen (secondary N) is 1. The predicted molar refractivity (Wildman–Crippen MR) is 98.6 cm³/mol. The Hall–Kier alpha value is -1.89. The van der Waals surface area contributed by atoms with Crippen LogP contribution in [0.2, 0.25) is 0 Å². The molecule has 25 heavy (non-hydrogen) atoms. The summed E-state index contributed by atoms with van der Waals surface area (Å²) in [4.78, 5) is 17.7. The number of rotatable bonds is 7. The number of hydrogen-bond acceptors (Lipinski definition) is 5. The Morgan fingerprint density at radius 1 is 1.24 bits per heavy atom. The van der Waals surface area contributed by atoms with Crippen LogP contribution in [0.4, 0.5) is 0 Å². The lowest BCUT2D eigenvalue weighted by Crippen LogP contribution is -2.33. The third-order valence-electron chi connectivity index (χ3n) is 4.76. The number of aromatic nitrogens is 1. The van der Waals surface area contributed by atoms with Crippen LogP contribution in [0.25, 0.3) is 10.9 Å². The highest BCUT2D eigenvalue weighted by Gasteiger charge is 2.16. The second-order valence-corrected chi connectivity index (χ2v) is 6.63. The molecule has 0 spiro atoms. The second kappa shape index (κ2) is 8.47. The van der Waals surface area contributed by atoms with Crippen molar-refractivity contribution < 1.29 is 9.63 Å². The molecule has 0 aliphatic carbocycles. The number of para-hydroxylation sites is 1. The Morgan fingerprint density at radius 3 is 2.76 bits per heavy atom. The van der Waals surface area contributed by atoms with Gasteiger partial charge in [0.25, 0.3) is 0 Å². The van der Waals surface area contributed by atoms with Crippen molar-refractivity contribution in [1.29, 1.82) is 0 Å². The van der Waals surface area contributed by atoms with Crippen molar-refractivity contribution in [3.05, 3.63) is 36.0 Å². The predicted octanol–water partition coefficient (Wildman–Crippen LogP) is 2.54. The van der Waals surface area contributed by atoms with Crippen molar-refractivity contribution in [3.63, 3.8) is 0 Å². The molecule has 2 aromatic rings. The van der Waals surface area contributed by atoms with Crippen LogP contribution in [-0.4, -0.2) is 47.8 Å². The number of piperidine rings is 1. The molecule has 0 radical (unpaired) electrons. The Balaban J connectivity index is 1.68. The number of aryl methyl sites for hydroxylation is 1. The summed E-state index contributed by atoms with van der Waals surface area (Å²) in [5.74, 6) is -0.146. The minimum atomic E-state index is -0.146. The molecule has 1 fully saturated rings. The van der Waals surface area contributed by atoms with Gasteiger partial charge in [0.15, 0.2) is 0 Å². The lowest BCUT2D eigenvalue weighted by Gasteiger charge is -2.25. The molecule has 1 aromatic carbocycles. The van der Waals surface area contributed by atoms with Gasteiger partial charge in [-0.15, -0.1) is 5.06 Å². The lowest BCUT2D eigenvalue weighted by molar-refractivity contribution is -0.194. The molecule has 0 bridgehead atoms. The molecule has 0 unspecified atom stereocenters. The molecule has 6 heteroatoms. The minimum absolute atomic E-state index is 0.146. The van der Waals surface area contributed by atoms with E-state index in [0.29, 0.717) is 13.0 Å². The molecule has 0 saturated carbocycles. The maximum Gasteiger partial charge on any atom is 0.326 e. The van der Waals surface area contributed by atoms with Crippen molar-refractivity contribution in [1.82, 2.24) is 20.1 Å². The van der Waals surface area contributed by atoms with Crippen LogP contribution in [-0.2, 0) is 22.7 Å². The largest absolute Gasteiger partial charge is 0.368 e. The van der Waals surface area contributed by atoms with E-state index in [2.05, 4.69) is 28.2 Å². The van der Waals surface area contributed by atoms with Gasteiger partial charge in [-0.05, 0) is 37.4 Å². The van der Waals surface area contributed by atoms with Gasteiger partial charge < -0.3 is 9.40 Å². The number of benzene rings is 1. The Kier molecular flexibility index (Phi) is 6.07. The molecule has 3 rings (SSSR count). The molecule has 0 amide bonds. The van der Waals surface area contributed by atoms with Crippen LogP contribution >= 0.6 is 0 Å². The van der Waals surface area contributed by atoms with Crippen LogP contribution in [0.5, 0.6) is 0 Å². The third-order valence-corrected chi connectivity index (χ3v) is 4.76. The lowest BCUT2D eigenvalue weighted by atomic mass is 10.2. The summed E-state index contributed by atoms with van der Waals surface area (Å²) in [6.07, 6.45) is 3.82. The van der Waals surface area contributed by atoms with Crippen molar-refractivity contribution in [2.24, 2.45) is 0 Å². The first kappa shape index (κ1) is 17.9. The van der Waals surface area contributed by atoms with E-state index in [9.17, 15) is 4.79 Å². The summed E-state index contributed by atoms with van der Waals surface area (Å²) >= 11 is 0. The van der Waals surface area contributed by atoms with Gasteiger partial charge in [0.1, 0.15) is 0 Å². The third kappa shape index (κ3) is 4.60. The Labute approximate surface area is 149 Å². The van der Waals surface area contributed by atoms with Gasteiger partial charge >= 0.3 is 5.97 Å². The highest BCUT2D eigenvalue weighted by atomic mass is 16.7. The van der Waals surface area contributed by atoms with Gasteiger partial charge in [-0.25, -0.2) is 5.01 Å². The van der Waals surface area contributed by atoms with Gasteiger partial charge in [0.2, 0.25) is 0 Å². The van der Waals surface area contributed by atoms with Gasteiger partial charge in [0.05, 0.1) is 13.0 Å². The van der Waals surface area contributed by atoms with Gasteiger partial charge in [0, 0.05) is 37.9 Å². The zero-order valence-corrected chi connectivity index (χ0v) is 15.2. The molecule has 2 heterocycles. The molecule has 1 aliphatic heterocycles. The number of fused-ring (bicyclic) bond motifs is 1. The van der Waals surface area contributed by atoms with E-state index in [4.69, 9.17) is 4.84 Å². The summed E-state index contributed by atoms with van der Waals surface area (Å²) in [5, 5.41) is 5.04. The van der Waals surface area contributed by atoms with Crippen LogP contribution in [0.3, 0.4) is 0 Å². The fraction of sp³-hybridized carbons (Fsp3) is 0.526. The quantitative estimate of drug-likeness (QED) is 0.782. The fourth-order valence-corrected chi connectivity index (χ4v) is 3.33. The molecular weight excluding hydrogens is 316 g/mol. The van der Waals surface area contributed by atoms with Gasteiger partial charge in [-0.3, -0.25) is 10.2 Å². The molecule has 1 aromatic heterocycles. The monoisotopic (exact) mass is 344 g/mol. The van der Waals surface area contributed by atoms with Crippen LogP contribution in [0, 0.1) is 0 Å². The summed E-state index contributed by atoms with van der Waals surface area (Å²) in [6, 6.07) is 10.5. The summed E-state index contributed by atoms with van der Waals surface area (Å²) in [6.45, 7) is 3.12. The average Bonchev–Trinajstić information content (AvgIpc) is 2.97. The zero-order valence-electron chi connectivity index (χ0n) is 15.2. The average molecular weight is 344 g/mol. The van der Waals surface area contributed by atoms with E-state index in [-0.39, 0.29) is 5.97 Å². The van der Waals surface area contributed by atoms with E-state index < -0.39 is 0 Å². The van der Waals surface area contributed by atoms with E-state index >= 15 is 0 Å². The van der Waals surface area contributed by atoms with E-state index in [1.54, 1.807) is 0 Å². The van der Waals surface area contributed by atoms with E-state index in [1.165, 1.54) is 17.5 Å². The summed E-state index contributed by atoms with van der Waals surface area (Å²) < 4.78 is 2.22. The van der Waals surface area contributed by atoms with Crippen molar-refractivity contribution >= 4 is 16.9 Å². The molecule has 1 N–H and O–H groups in total. The number of hydroxylamine groups is 2. The minimum Gasteiger partial charge on any atom is -0.368 e. The molecule has 1 aliphatic rings. The topological polar surface area (TPSA) is 49.7 Å². The van der Waals surface area contributed by atoms with Crippen LogP contribution < -0.4 is 5.43 Å². The number of carbonyl (C=O) groups is 1. The number of nitrogens with zero attached hydrogens (tertiary/aromatic N) is 3. The fourth-order valence-electron chi connectivity index (χ4n) is 3.33. The molecular formula is C19H28N4O2. The first-order chi connectivity index (χ1) is 12.2. The number of carbonyl (C=O) groups excluding carboxylic acids is 1. The first-order valence-corrected chi connectivity index (χ1v) is 9.09.